The SMILES string of the molecule is Cc1nccn1Cc1ccc(C(=O)N[C@H](C)c2ccccc2)cc1. The van der Waals surface area contributed by atoms with Gasteiger partial charge in [0, 0.05) is 24.5 Å². The number of aromatic nitrogens is 2. The minimum Gasteiger partial charge on any atom is -0.346 e. The summed E-state index contributed by atoms with van der Waals surface area (Å²) in [5, 5.41) is 3.03. The molecule has 2 aromatic carbocycles. The summed E-state index contributed by atoms with van der Waals surface area (Å²) in [6.07, 6.45) is 3.75. The van der Waals surface area contributed by atoms with E-state index in [4.69, 9.17) is 0 Å². The standard InChI is InChI=1S/C20H21N3O/c1-15(18-6-4-3-5-7-18)22-20(24)19-10-8-17(9-11-19)14-23-13-12-21-16(23)2/h3-13,15H,14H2,1-2H3,(H,22,24)/t15-/m1/s1. The van der Waals surface area contributed by atoms with Crippen LogP contribution in [0.15, 0.2) is 67.0 Å². The van der Waals surface area contributed by atoms with E-state index in [-0.39, 0.29) is 11.9 Å². The number of carbonyl (C=O) groups excluding carboxylic acids is 1. The van der Waals surface area contributed by atoms with Crippen LogP contribution in [-0.2, 0) is 6.54 Å². The Kier molecular flexibility index (Phi) is 4.75. The van der Waals surface area contributed by atoms with Gasteiger partial charge in [-0.15, -0.1) is 0 Å². The Morgan fingerprint density at radius 2 is 1.83 bits per heavy atom. The number of rotatable bonds is 5. The van der Waals surface area contributed by atoms with E-state index in [1.807, 2.05) is 74.6 Å². The molecule has 0 aliphatic heterocycles. The van der Waals surface area contributed by atoms with Gasteiger partial charge >= 0.3 is 0 Å². The topological polar surface area (TPSA) is 46.9 Å². The summed E-state index contributed by atoms with van der Waals surface area (Å²) in [5.74, 6) is 0.921. The van der Waals surface area contributed by atoms with Crippen molar-refractivity contribution in [3.8, 4) is 0 Å². The van der Waals surface area contributed by atoms with Gasteiger partial charge in [-0.2, -0.15) is 0 Å². The van der Waals surface area contributed by atoms with Gasteiger partial charge in [0.25, 0.3) is 5.91 Å². The Bertz CT molecular complexity index is 806. The lowest BCUT2D eigenvalue weighted by Gasteiger charge is -2.14. The first-order chi connectivity index (χ1) is 11.6. The monoisotopic (exact) mass is 319 g/mol. The number of aryl methyl sites for hydroxylation is 1. The first-order valence-electron chi connectivity index (χ1n) is 8.06. The van der Waals surface area contributed by atoms with Crippen molar-refractivity contribution >= 4 is 5.91 Å². The van der Waals surface area contributed by atoms with Gasteiger partial charge in [0.15, 0.2) is 0 Å². The highest BCUT2D eigenvalue weighted by Gasteiger charge is 2.11. The lowest BCUT2D eigenvalue weighted by atomic mass is 10.1. The normalized spacial score (nSPS) is 11.9. The molecule has 0 radical (unpaired) electrons. The number of benzene rings is 2. The van der Waals surface area contributed by atoms with E-state index in [1.165, 1.54) is 0 Å². The van der Waals surface area contributed by atoms with Crippen LogP contribution in [0.5, 0.6) is 0 Å². The fourth-order valence-electron chi connectivity index (χ4n) is 2.63. The molecule has 0 bridgehead atoms. The number of amides is 1. The first-order valence-corrected chi connectivity index (χ1v) is 8.06. The summed E-state index contributed by atoms with van der Waals surface area (Å²) in [6.45, 7) is 4.73. The quantitative estimate of drug-likeness (QED) is 0.779. The van der Waals surface area contributed by atoms with Gasteiger partial charge in [-0.1, -0.05) is 42.5 Å². The zero-order valence-electron chi connectivity index (χ0n) is 13.9. The Labute approximate surface area is 142 Å². The molecule has 0 fully saturated rings. The molecule has 1 aromatic heterocycles. The van der Waals surface area contributed by atoms with Crippen molar-refractivity contribution < 1.29 is 4.79 Å². The van der Waals surface area contributed by atoms with Gasteiger partial charge in [0.05, 0.1) is 6.04 Å². The zero-order valence-corrected chi connectivity index (χ0v) is 13.9. The third-order valence-electron chi connectivity index (χ3n) is 4.14. The highest BCUT2D eigenvalue weighted by molar-refractivity contribution is 5.94. The highest BCUT2D eigenvalue weighted by Crippen LogP contribution is 2.13. The minimum absolute atomic E-state index is 0.0213. The molecular weight excluding hydrogens is 298 g/mol. The molecule has 4 heteroatoms. The predicted molar refractivity (Wildman–Crippen MR) is 94.8 cm³/mol. The molecule has 1 N–H and O–H groups in total. The van der Waals surface area contributed by atoms with Crippen LogP contribution in [0.4, 0.5) is 0 Å². The smallest absolute Gasteiger partial charge is 0.251 e. The van der Waals surface area contributed by atoms with Crippen LogP contribution < -0.4 is 5.32 Å². The van der Waals surface area contributed by atoms with Crippen molar-refractivity contribution in [2.24, 2.45) is 0 Å². The second kappa shape index (κ2) is 7.13. The van der Waals surface area contributed by atoms with Crippen LogP contribution in [0.25, 0.3) is 0 Å². The Morgan fingerprint density at radius 1 is 1.12 bits per heavy atom. The van der Waals surface area contributed by atoms with Gasteiger partial charge < -0.3 is 9.88 Å². The van der Waals surface area contributed by atoms with E-state index in [1.54, 1.807) is 6.20 Å². The number of nitrogens with one attached hydrogen (secondary N) is 1. The molecule has 0 spiro atoms. The summed E-state index contributed by atoms with van der Waals surface area (Å²) in [4.78, 5) is 16.6. The van der Waals surface area contributed by atoms with Crippen molar-refractivity contribution in [1.29, 1.82) is 0 Å². The zero-order chi connectivity index (χ0) is 16.9. The van der Waals surface area contributed by atoms with Crippen molar-refractivity contribution in [3.63, 3.8) is 0 Å². The van der Waals surface area contributed by atoms with E-state index in [2.05, 4.69) is 14.9 Å². The number of carbonyl (C=O) groups is 1. The lowest BCUT2D eigenvalue weighted by molar-refractivity contribution is 0.0940. The molecule has 0 unspecified atom stereocenters. The molecular formula is C20H21N3O. The van der Waals surface area contributed by atoms with E-state index in [9.17, 15) is 4.79 Å². The van der Waals surface area contributed by atoms with Gasteiger partial charge in [-0.25, -0.2) is 4.98 Å². The molecule has 24 heavy (non-hydrogen) atoms. The number of hydrogen-bond donors (Lipinski definition) is 1. The van der Waals surface area contributed by atoms with Crippen LogP contribution >= 0.6 is 0 Å². The largest absolute Gasteiger partial charge is 0.346 e. The second-order valence-electron chi connectivity index (χ2n) is 5.91. The third-order valence-corrected chi connectivity index (χ3v) is 4.14. The maximum absolute atomic E-state index is 12.4. The van der Waals surface area contributed by atoms with Crippen molar-refractivity contribution in [1.82, 2.24) is 14.9 Å². The van der Waals surface area contributed by atoms with Crippen LogP contribution in [0.2, 0.25) is 0 Å². The number of hydrogen-bond acceptors (Lipinski definition) is 2. The maximum atomic E-state index is 12.4. The summed E-state index contributed by atoms with van der Waals surface area (Å²) >= 11 is 0. The van der Waals surface area contributed by atoms with Gasteiger partial charge in [0.2, 0.25) is 0 Å². The van der Waals surface area contributed by atoms with E-state index in [0.29, 0.717) is 5.56 Å². The molecule has 122 valence electrons. The van der Waals surface area contributed by atoms with Crippen molar-refractivity contribution in [2.75, 3.05) is 0 Å². The van der Waals surface area contributed by atoms with Crippen LogP contribution in [0.3, 0.4) is 0 Å². The number of nitrogens with zero attached hydrogens (tertiary/aromatic N) is 2. The van der Waals surface area contributed by atoms with Crippen LogP contribution in [-0.4, -0.2) is 15.5 Å². The molecule has 1 heterocycles. The van der Waals surface area contributed by atoms with Gasteiger partial charge in [-0.05, 0) is 37.1 Å². The summed E-state index contributed by atoms with van der Waals surface area (Å²) in [5.41, 5.74) is 2.91. The third kappa shape index (κ3) is 3.71. The van der Waals surface area contributed by atoms with E-state index in [0.717, 1.165) is 23.5 Å². The Morgan fingerprint density at radius 3 is 2.46 bits per heavy atom. The average Bonchev–Trinajstić information content (AvgIpc) is 3.01. The lowest BCUT2D eigenvalue weighted by Crippen LogP contribution is -2.26. The van der Waals surface area contributed by atoms with Gasteiger partial charge in [0.1, 0.15) is 5.82 Å². The minimum atomic E-state index is -0.0586. The molecule has 3 aromatic rings. The molecule has 0 saturated carbocycles. The average molecular weight is 319 g/mol. The fourth-order valence-corrected chi connectivity index (χ4v) is 2.63. The molecule has 1 amide bonds. The summed E-state index contributed by atoms with van der Waals surface area (Å²) in [6, 6.07) is 17.6. The van der Waals surface area contributed by atoms with E-state index >= 15 is 0 Å². The first kappa shape index (κ1) is 16.0. The molecule has 1 atom stereocenters. The maximum Gasteiger partial charge on any atom is 0.251 e. The van der Waals surface area contributed by atoms with Crippen molar-refractivity contribution in [2.45, 2.75) is 26.4 Å². The van der Waals surface area contributed by atoms with E-state index < -0.39 is 0 Å². The Hall–Kier alpha value is -2.88. The molecule has 3 rings (SSSR count). The molecule has 0 aliphatic carbocycles. The number of imidazole rings is 1. The highest BCUT2D eigenvalue weighted by atomic mass is 16.1. The summed E-state index contributed by atoms with van der Waals surface area (Å²) in [7, 11) is 0. The molecule has 4 nitrogen and oxygen atoms in total. The second-order valence-corrected chi connectivity index (χ2v) is 5.91. The predicted octanol–water partition coefficient (Wildman–Crippen LogP) is 3.73. The van der Waals surface area contributed by atoms with Crippen molar-refractivity contribution in [3.05, 3.63) is 89.5 Å². The fraction of sp³-hybridized carbons (Fsp3) is 0.200. The Balaban J connectivity index is 1.64. The van der Waals surface area contributed by atoms with Gasteiger partial charge in [-0.3, -0.25) is 4.79 Å². The van der Waals surface area contributed by atoms with Crippen LogP contribution in [0, 0.1) is 6.92 Å². The molecule has 0 aliphatic rings. The molecule has 0 saturated heterocycles. The summed E-state index contributed by atoms with van der Waals surface area (Å²) < 4.78 is 2.08. The van der Waals surface area contributed by atoms with Crippen LogP contribution in [0.1, 0.15) is 40.3 Å².